The highest BCUT2D eigenvalue weighted by Gasteiger charge is 2.21. The molecule has 1 saturated heterocycles. The molecule has 0 unspecified atom stereocenters. The molecule has 3 rings (SSSR count). The molecule has 166 valence electrons. The highest BCUT2D eigenvalue weighted by Crippen LogP contribution is 2.25. The van der Waals surface area contributed by atoms with Crippen molar-refractivity contribution >= 4 is 29.9 Å². The molecule has 0 aliphatic carbocycles. The Labute approximate surface area is 194 Å². The maximum absolute atomic E-state index is 5.51. The minimum absolute atomic E-state index is 0. The monoisotopic (exact) mass is 530 g/mol. The Morgan fingerprint density at radius 2 is 1.97 bits per heavy atom. The van der Waals surface area contributed by atoms with Crippen molar-refractivity contribution in [2.75, 3.05) is 46.9 Å². The zero-order valence-electron chi connectivity index (χ0n) is 18.1. The number of rotatable bonds is 7. The predicted molar refractivity (Wildman–Crippen MR) is 126 cm³/mol. The predicted octanol–water partition coefficient (Wildman–Crippen LogP) is 2.30. The molecular weight excluding hydrogens is 499 g/mol. The number of ether oxygens (including phenoxy) is 2. The second-order valence-corrected chi connectivity index (χ2v) is 6.84. The first-order valence-electron chi connectivity index (χ1n) is 9.88. The van der Waals surface area contributed by atoms with Gasteiger partial charge in [0.15, 0.2) is 11.8 Å². The van der Waals surface area contributed by atoms with Gasteiger partial charge in [-0.1, -0.05) is 5.16 Å². The number of nitrogens with zero attached hydrogens (tertiary/aromatic N) is 5. The molecule has 1 aromatic heterocycles. The number of aromatic nitrogens is 2. The first-order chi connectivity index (χ1) is 14.1. The standard InChI is InChI=1S/C20H30N6O3.HI/c1-5-21-20(22-13-19-23-15(2)29-24-19)26-10-8-25(9-11-26)14-16-12-17(27-3)6-7-18(16)28-4;/h6-7,12H,5,8-11,13-14H2,1-4H3,(H,21,22);1H. The van der Waals surface area contributed by atoms with Gasteiger partial charge in [0.25, 0.3) is 0 Å². The summed E-state index contributed by atoms with van der Waals surface area (Å²) in [6.07, 6.45) is 0. The Morgan fingerprint density at radius 3 is 2.57 bits per heavy atom. The van der Waals surface area contributed by atoms with Crippen LogP contribution in [0.15, 0.2) is 27.7 Å². The van der Waals surface area contributed by atoms with Crippen molar-refractivity contribution in [2.24, 2.45) is 4.99 Å². The minimum Gasteiger partial charge on any atom is -0.497 e. The Bertz CT molecular complexity index is 821. The summed E-state index contributed by atoms with van der Waals surface area (Å²) in [7, 11) is 3.38. The molecule has 0 saturated carbocycles. The average Bonchev–Trinajstić information content (AvgIpc) is 3.17. The topological polar surface area (TPSA) is 88.2 Å². The molecule has 1 fully saturated rings. The third-order valence-electron chi connectivity index (χ3n) is 4.83. The number of benzene rings is 1. The Morgan fingerprint density at radius 1 is 1.20 bits per heavy atom. The number of halogens is 1. The number of piperazine rings is 1. The van der Waals surface area contributed by atoms with Gasteiger partial charge in [0.2, 0.25) is 5.89 Å². The van der Waals surface area contributed by atoms with Gasteiger partial charge in [-0.15, -0.1) is 24.0 Å². The van der Waals surface area contributed by atoms with Crippen LogP contribution in [0.3, 0.4) is 0 Å². The van der Waals surface area contributed by atoms with E-state index in [1.807, 2.05) is 18.2 Å². The smallest absolute Gasteiger partial charge is 0.223 e. The van der Waals surface area contributed by atoms with Crippen molar-refractivity contribution in [2.45, 2.75) is 26.9 Å². The molecule has 1 aliphatic heterocycles. The lowest BCUT2D eigenvalue weighted by Gasteiger charge is -2.36. The van der Waals surface area contributed by atoms with Crippen LogP contribution in [0, 0.1) is 6.92 Å². The van der Waals surface area contributed by atoms with E-state index in [0.717, 1.165) is 62.3 Å². The maximum Gasteiger partial charge on any atom is 0.223 e. The molecule has 1 N–H and O–H groups in total. The molecule has 0 amide bonds. The van der Waals surface area contributed by atoms with Gasteiger partial charge in [0, 0.05) is 51.8 Å². The second kappa shape index (κ2) is 11.9. The summed E-state index contributed by atoms with van der Waals surface area (Å²) in [6.45, 7) is 9.54. The van der Waals surface area contributed by atoms with Gasteiger partial charge in [-0.05, 0) is 25.1 Å². The molecule has 1 aromatic carbocycles. The first-order valence-corrected chi connectivity index (χ1v) is 9.88. The van der Waals surface area contributed by atoms with E-state index in [1.54, 1.807) is 21.1 Å². The molecule has 10 heteroatoms. The van der Waals surface area contributed by atoms with Crippen LogP contribution in [0.5, 0.6) is 11.5 Å². The highest BCUT2D eigenvalue weighted by molar-refractivity contribution is 14.0. The fourth-order valence-corrected chi connectivity index (χ4v) is 3.34. The van der Waals surface area contributed by atoms with Crippen LogP contribution in [0.25, 0.3) is 0 Å². The van der Waals surface area contributed by atoms with E-state index in [-0.39, 0.29) is 24.0 Å². The summed E-state index contributed by atoms with van der Waals surface area (Å²) in [5.74, 6) is 3.77. The summed E-state index contributed by atoms with van der Waals surface area (Å²) in [5, 5.41) is 7.27. The number of methoxy groups -OCH3 is 2. The number of aliphatic imine (C=N–C) groups is 1. The fraction of sp³-hybridized carbons (Fsp3) is 0.550. The van der Waals surface area contributed by atoms with Gasteiger partial charge in [-0.2, -0.15) is 4.98 Å². The van der Waals surface area contributed by atoms with Gasteiger partial charge in [0.1, 0.15) is 18.0 Å². The van der Waals surface area contributed by atoms with Crippen molar-refractivity contribution < 1.29 is 14.0 Å². The van der Waals surface area contributed by atoms with Crippen LogP contribution < -0.4 is 14.8 Å². The minimum atomic E-state index is 0. The summed E-state index contributed by atoms with van der Waals surface area (Å²) in [6, 6.07) is 5.92. The molecule has 0 spiro atoms. The molecular formula is C20H31IN6O3. The van der Waals surface area contributed by atoms with E-state index < -0.39 is 0 Å². The van der Waals surface area contributed by atoms with Crippen LogP contribution >= 0.6 is 24.0 Å². The van der Waals surface area contributed by atoms with Gasteiger partial charge in [-0.25, -0.2) is 4.99 Å². The Balaban J connectivity index is 0.00000320. The normalized spacial score (nSPS) is 14.9. The van der Waals surface area contributed by atoms with Crippen LogP contribution in [0.4, 0.5) is 0 Å². The lowest BCUT2D eigenvalue weighted by molar-refractivity contribution is 0.171. The molecule has 0 atom stereocenters. The van der Waals surface area contributed by atoms with E-state index in [0.29, 0.717) is 18.3 Å². The number of nitrogens with one attached hydrogen (secondary N) is 1. The van der Waals surface area contributed by atoms with E-state index in [4.69, 9.17) is 14.0 Å². The molecule has 30 heavy (non-hydrogen) atoms. The van der Waals surface area contributed by atoms with Crippen LogP contribution in [-0.4, -0.2) is 72.8 Å². The van der Waals surface area contributed by atoms with Crippen molar-refractivity contribution in [1.82, 2.24) is 25.3 Å². The molecule has 2 aromatic rings. The van der Waals surface area contributed by atoms with Crippen molar-refractivity contribution in [1.29, 1.82) is 0 Å². The SMILES string of the molecule is CCNC(=NCc1noc(C)n1)N1CCN(Cc2cc(OC)ccc2OC)CC1.I. The zero-order chi connectivity index (χ0) is 20.6. The van der Waals surface area contributed by atoms with Gasteiger partial charge >= 0.3 is 0 Å². The largest absolute Gasteiger partial charge is 0.497 e. The van der Waals surface area contributed by atoms with Crippen molar-refractivity contribution in [3.8, 4) is 11.5 Å². The first kappa shape index (κ1) is 24.2. The number of guanidine groups is 1. The van der Waals surface area contributed by atoms with Crippen LogP contribution in [0.1, 0.15) is 24.2 Å². The summed E-state index contributed by atoms with van der Waals surface area (Å²) in [5.41, 5.74) is 1.13. The van der Waals surface area contributed by atoms with Gasteiger partial charge < -0.3 is 24.2 Å². The third kappa shape index (κ3) is 6.46. The quantitative estimate of drug-likeness (QED) is 0.332. The third-order valence-corrected chi connectivity index (χ3v) is 4.83. The van der Waals surface area contributed by atoms with E-state index in [1.165, 1.54) is 0 Å². The molecule has 1 aliphatic rings. The fourth-order valence-electron chi connectivity index (χ4n) is 3.34. The van der Waals surface area contributed by atoms with E-state index in [2.05, 4.69) is 37.2 Å². The van der Waals surface area contributed by atoms with Gasteiger partial charge in [0.05, 0.1) is 14.2 Å². The Hall–Kier alpha value is -2.08. The van der Waals surface area contributed by atoms with E-state index >= 15 is 0 Å². The average molecular weight is 530 g/mol. The molecule has 0 bridgehead atoms. The number of aryl methyl sites for hydroxylation is 1. The second-order valence-electron chi connectivity index (χ2n) is 6.84. The van der Waals surface area contributed by atoms with Crippen molar-refractivity contribution in [3.63, 3.8) is 0 Å². The highest BCUT2D eigenvalue weighted by atomic mass is 127. The van der Waals surface area contributed by atoms with E-state index in [9.17, 15) is 0 Å². The summed E-state index contributed by atoms with van der Waals surface area (Å²) in [4.78, 5) is 13.6. The molecule has 0 radical (unpaired) electrons. The van der Waals surface area contributed by atoms with Crippen LogP contribution in [-0.2, 0) is 13.1 Å². The number of hydrogen-bond acceptors (Lipinski definition) is 7. The lowest BCUT2D eigenvalue weighted by atomic mass is 10.1. The maximum atomic E-state index is 5.51. The summed E-state index contributed by atoms with van der Waals surface area (Å²) >= 11 is 0. The zero-order valence-corrected chi connectivity index (χ0v) is 20.4. The Kier molecular flexibility index (Phi) is 9.63. The van der Waals surface area contributed by atoms with Crippen molar-refractivity contribution in [3.05, 3.63) is 35.5 Å². The van der Waals surface area contributed by atoms with Crippen LogP contribution in [0.2, 0.25) is 0 Å². The molecule has 2 heterocycles. The van der Waals surface area contributed by atoms with Gasteiger partial charge in [-0.3, -0.25) is 4.90 Å². The summed E-state index contributed by atoms with van der Waals surface area (Å²) < 4.78 is 15.9. The lowest BCUT2D eigenvalue weighted by Crippen LogP contribution is -2.52. The number of hydrogen-bond donors (Lipinski definition) is 1. The molecule has 9 nitrogen and oxygen atoms in total.